The van der Waals surface area contributed by atoms with Gasteiger partial charge in [0.1, 0.15) is 11.9 Å². The second-order valence-corrected chi connectivity index (χ2v) is 6.08. The molecule has 1 aliphatic heterocycles. The summed E-state index contributed by atoms with van der Waals surface area (Å²) in [4.78, 5) is 11.9. The Hall–Kier alpha value is -2.60. The highest BCUT2D eigenvalue weighted by atomic mass is 16.6. The van der Waals surface area contributed by atoms with Gasteiger partial charge in [-0.2, -0.15) is 5.26 Å². The van der Waals surface area contributed by atoms with Gasteiger partial charge in [0, 0.05) is 18.0 Å². The van der Waals surface area contributed by atoms with E-state index in [1.165, 1.54) is 14.2 Å². The molecule has 4 atom stereocenters. The third kappa shape index (κ3) is 3.01. The summed E-state index contributed by atoms with van der Waals surface area (Å²) in [5, 5.41) is 30.5. The first-order valence-corrected chi connectivity index (χ1v) is 8.14. The van der Waals surface area contributed by atoms with Crippen LogP contribution in [0.3, 0.4) is 0 Å². The maximum absolute atomic E-state index is 11.9. The summed E-state index contributed by atoms with van der Waals surface area (Å²) in [7, 11) is 2.77. The minimum Gasteiger partial charge on any atom is -0.496 e. The molecule has 2 aromatic rings. The molecule has 138 valence electrons. The lowest BCUT2D eigenvalue weighted by atomic mass is 10.0. The first kappa shape index (κ1) is 18.2. The number of aliphatic hydroxyl groups is 2. The Balaban J connectivity index is 2.11. The number of hydrogen-bond donors (Lipinski definition) is 2. The van der Waals surface area contributed by atoms with Gasteiger partial charge >= 0.3 is 5.97 Å². The molecular formula is C18H20N2O6. The lowest BCUT2D eigenvalue weighted by Gasteiger charge is -2.36. The summed E-state index contributed by atoms with van der Waals surface area (Å²) < 4.78 is 17.4. The zero-order valence-corrected chi connectivity index (χ0v) is 14.5. The molecule has 1 saturated heterocycles. The van der Waals surface area contributed by atoms with Crippen molar-refractivity contribution in [3.8, 4) is 11.8 Å². The molecule has 3 rings (SSSR count). The summed E-state index contributed by atoms with van der Waals surface area (Å²) in [6.07, 6.45) is -2.65. The first-order chi connectivity index (χ1) is 12.5. The molecule has 2 N–H and O–H groups in total. The van der Waals surface area contributed by atoms with Gasteiger partial charge in [0.25, 0.3) is 0 Å². The van der Waals surface area contributed by atoms with Gasteiger partial charge in [-0.1, -0.05) is 6.07 Å². The number of hydrogen-bond acceptors (Lipinski definition) is 7. The van der Waals surface area contributed by atoms with Gasteiger partial charge in [-0.25, -0.2) is 4.79 Å². The predicted molar refractivity (Wildman–Crippen MR) is 90.4 cm³/mol. The summed E-state index contributed by atoms with van der Waals surface area (Å²) in [5.41, 5.74) is 1.36. The van der Waals surface area contributed by atoms with Crippen LogP contribution in [0.15, 0.2) is 24.4 Å². The van der Waals surface area contributed by atoms with Gasteiger partial charge in [0.2, 0.25) is 0 Å². The highest BCUT2D eigenvalue weighted by Crippen LogP contribution is 2.36. The summed E-state index contributed by atoms with van der Waals surface area (Å²) in [6.45, 7) is 0. The van der Waals surface area contributed by atoms with E-state index in [1.54, 1.807) is 29.0 Å². The number of rotatable bonds is 4. The number of aliphatic hydroxyl groups excluding tert-OH is 2. The predicted octanol–water partition coefficient (Wildman–Crippen LogP) is 0.898. The van der Waals surface area contributed by atoms with E-state index in [4.69, 9.17) is 19.5 Å². The van der Waals surface area contributed by atoms with Gasteiger partial charge in [0.05, 0.1) is 38.3 Å². The topological polar surface area (TPSA) is 114 Å². The summed E-state index contributed by atoms with van der Waals surface area (Å²) in [5.74, 6) is -0.0332. The zero-order chi connectivity index (χ0) is 18.8. The molecule has 2 heterocycles. The van der Waals surface area contributed by atoms with Gasteiger partial charge in [-0.05, 0) is 17.7 Å². The highest BCUT2D eigenvalue weighted by Gasteiger charge is 2.41. The van der Waals surface area contributed by atoms with Crippen molar-refractivity contribution >= 4 is 16.9 Å². The highest BCUT2D eigenvalue weighted by molar-refractivity contribution is 5.90. The van der Waals surface area contributed by atoms with E-state index >= 15 is 0 Å². The third-order valence-corrected chi connectivity index (χ3v) is 4.57. The van der Waals surface area contributed by atoms with Crippen molar-refractivity contribution in [2.45, 2.75) is 37.4 Å². The fourth-order valence-electron chi connectivity index (χ4n) is 3.33. The maximum Gasteiger partial charge on any atom is 0.335 e. The fourth-order valence-corrected chi connectivity index (χ4v) is 3.33. The van der Waals surface area contributed by atoms with Crippen molar-refractivity contribution in [3.05, 3.63) is 30.0 Å². The molecule has 0 amide bonds. The molecule has 0 aliphatic carbocycles. The van der Waals surface area contributed by atoms with Gasteiger partial charge < -0.3 is 29.0 Å². The number of carbonyl (C=O) groups is 1. The maximum atomic E-state index is 11.9. The van der Waals surface area contributed by atoms with Crippen LogP contribution in [-0.4, -0.2) is 53.3 Å². The Morgan fingerprint density at radius 1 is 1.42 bits per heavy atom. The van der Waals surface area contributed by atoms with Crippen LogP contribution < -0.4 is 4.74 Å². The number of fused-ring (bicyclic) bond motifs is 1. The van der Waals surface area contributed by atoms with Crippen LogP contribution in [0.1, 0.15) is 18.2 Å². The van der Waals surface area contributed by atoms with E-state index in [2.05, 4.69) is 6.07 Å². The molecule has 8 heteroatoms. The van der Waals surface area contributed by atoms with E-state index in [-0.39, 0.29) is 12.8 Å². The van der Waals surface area contributed by atoms with Crippen LogP contribution in [0.2, 0.25) is 0 Å². The third-order valence-electron chi connectivity index (χ3n) is 4.57. The van der Waals surface area contributed by atoms with Crippen LogP contribution in [-0.2, 0) is 20.7 Å². The van der Waals surface area contributed by atoms with E-state index in [9.17, 15) is 15.0 Å². The molecule has 1 aliphatic rings. The van der Waals surface area contributed by atoms with Crippen LogP contribution in [0.4, 0.5) is 0 Å². The van der Waals surface area contributed by atoms with Crippen molar-refractivity contribution in [1.82, 2.24) is 4.57 Å². The van der Waals surface area contributed by atoms with E-state index in [0.29, 0.717) is 16.8 Å². The monoisotopic (exact) mass is 360 g/mol. The molecule has 8 nitrogen and oxygen atoms in total. The van der Waals surface area contributed by atoms with Crippen LogP contribution in [0.5, 0.6) is 5.75 Å². The SMILES string of the molecule is COC(=O)[C@H]1C[C@H](O)[C@H](O)[C@H](n2cc(CC#N)c3c(OC)cccc32)O1. The lowest BCUT2D eigenvalue weighted by molar-refractivity contribution is -0.209. The number of benzene rings is 1. The number of carbonyl (C=O) groups excluding carboxylic acids is 1. The molecule has 26 heavy (non-hydrogen) atoms. The van der Waals surface area contributed by atoms with Gasteiger partial charge in [0.15, 0.2) is 12.3 Å². The minimum absolute atomic E-state index is 0.0576. The second kappa shape index (κ2) is 7.33. The number of aromatic nitrogens is 1. The van der Waals surface area contributed by atoms with Gasteiger partial charge in [-0.3, -0.25) is 0 Å². The molecule has 0 spiro atoms. The molecule has 0 unspecified atom stereocenters. The Morgan fingerprint density at radius 3 is 2.85 bits per heavy atom. The average molecular weight is 360 g/mol. The fraction of sp³-hybridized carbons (Fsp3) is 0.444. The van der Waals surface area contributed by atoms with E-state index in [0.717, 1.165) is 5.39 Å². The molecule has 1 fully saturated rings. The quantitative estimate of drug-likeness (QED) is 0.779. The summed E-state index contributed by atoms with van der Waals surface area (Å²) in [6, 6.07) is 7.45. The molecule has 0 radical (unpaired) electrons. The Morgan fingerprint density at radius 2 is 2.19 bits per heavy atom. The Kier molecular flexibility index (Phi) is 5.13. The lowest BCUT2D eigenvalue weighted by Crippen LogP contribution is -2.48. The molecule has 0 bridgehead atoms. The minimum atomic E-state index is -1.24. The molecular weight excluding hydrogens is 340 g/mol. The Labute approximate surface area is 150 Å². The van der Waals surface area contributed by atoms with E-state index in [1.807, 2.05) is 0 Å². The number of nitrogens with zero attached hydrogens (tertiary/aromatic N) is 2. The first-order valence-electron chi connectivity index (χ1n) is 8.14. The van der Waals surface area contributed by atoms with Crippen LogP contribution >= 0.6 is 0 Å². The van der Waals surface area contributed by atoms with Crippen molar-refractivity contribution in [1.29, 1.82) is 5.26 Å². The van der Waals surface area contributed by atoms with E-state index < -0.39 is 30.5 Å². The zero-order valence-electron chi connectivity index (χ0n) is 14.5. The van der Waals surface area contributed by atoms with Crippen molar-refractivity contribution in [2.24, 2.45) is 0 Å². The molecule has 1 aromatic heterocycles. The molecule has 0 saturated carbocycles. The number of esters is 1. The van der Waals surface area contributed by atoms with Crippen molar-refractivity contribution in [2.75, 3.05) is 14.2 Å². The van der Waals surface area contributed by atoms with Crippen LogP contribution in [0.25, 0.3) is 10.9 Å². The molecule has 1 aromatic carbocycles. The number of methoxy groups -OCH3 is 2. The van der Waals surface area contributed by atoms with Crippen LogP contribution in [0, 0.1) is 11.3 Å². The standard InChI is InChI=1S/C18H20N2O6/c1-24-13-5-3-4-11-15(13)10(6-7-19)9-20(11)17-16(22)12(21)8-14(26-17)18(23)25-2/h3-5,9,12,14,16-17,21-22H,6,8H2,1-2H3/t12-,14+,16-,17+/m0/s1. The van der Waals surface area contributed by atoms with Crippen molar-refractivity contribution < 1.29 is 29.2 Å². The normalized spacial score (nSPS) is 25.7. The summed E-state index contributed by atoms with van der Waals surface area (Å²) >= 11 is 0. The number of nitriles is 1. The van der Waals surface area contributed by atoms with Crippen molar-refractivity contribution in [3.63, 3.8) is 0 Å². The largest absolute Gasteiger partial charge is 0.496 e. The number of ether oxygens (including phenoxy) is 3. The Bertz CT molecular complexity index is 855. The van der Waals surface area contributed by atoms with Gasteiger partial charge in [-0.15, -0.1) is 0 Å². The second-order valence-electron chi connectivity index (χ2n) is 6.08. The average Bonchev–Trinajstić information content (AvgIpc) is 3.02. The smallest absolute Gasteiger partial charge is 0.335 e.